The zero-order valence-electron chi connectivity index (χ0n) is 21.0. The van der Waals surface area contributed by atoms with Crippen molar-refractivity contribution in [2.24, 2.45) is 0 Å². The number of amides is 1. The second-order valence-corrected chi connectivity index (χ2v) is 8.80. The van der Waals surface area contributed by atoms with Crippen LogP contribution in [0.15, 0.2) is 66.2 Å². The highest BCUT2D eigenvalue weighted by molar-refractivity contribution is 6.46. The van der Waals surface area contributed by atoms with Gasteiger partial charge in [-0.1, -0.05) is 32.0 Å². The molecule has 1 N–H and O–H groups in total. The number of ether oxygens (including phenoxy) is 1. The van der Waals surface area contributed by atoms with Crippen molar-refractivity contribution in [3.8, 4) is 5.75 Å². The number of carbonyl (C=O) groups excluding carboxylic acids is 2. The smallest absolute Gasteiger partial charge is 0.295 e. The van der Waals surface area contributed by atoms with Gasteiger partial charge in [-0.2, -0.15) is 0 Å². The first-order valence-corrected chi connectivity index (χ1v) is 12.1. The predicted octanol–water partition coefficient (Wildman–Crippen LogP) is 4.52. The van der Waals surface area contributed by atoms with Gasteiger partial charge in [0.1, 0.15) is 11.5 Å². The van der Waals surface area contributed by atoms with Gasteiger partial charge in [0, 0.05) is 30.8 Å². The molecule has 1 fully saturated rings. The van der Waals surface area contributed by atoms with Crippen molar-refractivity contribution in [3.63, 3.8) is 0 Å². The van der Waals surface area contributed by atoms with Crippen LogP contribution < -0.4 is 4.74 Å². The Morgan fingerprint density at radius 2 is 1.68 bits per heavy atom. The zero-order valence-corrected chi connectivity index (χ0v) is 21.0. The average Bonchev–Trinajstić information content (AvgIpc) is 3.17. The number of methoxy groups -OCH3 is 1. The number of aliphatic hydroxyl groups is 1. The number of nitro groups is 1. The van der Waals surface area contributed by atoms with Crippen LogP contribution >= 0.6 is 0 Å². The molecule has 4 rings (SSSR count). The first-order valence-electron chi connectivity index (χ1n) is 12.1. The van der Waals surface area contributed by atoms with Crippen LogP contribution in [0, 0.1) is 10.1 Å². The Bertz CT molecular complexity index is 1380. The molecule has 0 aliphatic carbocycles. The highest BCUT2D eigenvalue weighted by atomic mass is 16.6. The van der Waals surface area contributed by atoms with Gasteiger partial charge in [0.25, 0.3) is 17.4 Å². The van der Waals surface area contributed by atoms with Crippen LogP contribution in [0.1, 0.15) is 31.0 Å². The van der Waals surface area contributed by atoms with Gasteiger partial charge in [-0.3, -0.25) is 19.7 Å². The van der Waals surface area contributed by atoms with Crippen molar-refractivity contribution in [1.29, 1.82) is 0 Å². The highest BCUT2D eigenvalue weighted by Gasteiger charge is 2.46. The van der Waals surface area contributed by atoms with Crippen LogP contribution in [0.25, 0.3) is 16.5 Å². The van der Waals surface area contributed by atoms with E-state index in [2.05, 4.69) is 4.90 Å². The Kier molecular flexibility index (Phi) is 7.54. The molecule has 1 heterocycles. The summed E-state index contributed by atoms with van der Waals surface area (Å²) in [6.45, 7) is 6.40. The van der Waals surface area contributed by atoms with Gasteiger partial charge >= 0.3 is 0 Å². The lowest BCUT2D eigenvalue weighted by Gasteiger charge is -2.28. The summed E-state index contributed by atoms with van der Waals surface area (Å²) in [4.78, 5) is 40.7. The maximum Gasteiger partial charge on any atom is 0.295 e. The number of benzene rings is 3. The van der Waals surface area contributed by atoms with Crippen LogP contribution in [-0.4, -0.2) is 64.8 Å². The maximum atomic E-state index is 13.3. The molecule has 0 spiro atoms. The molecule has 0 aromatic heterocycles. The van der Waals surface area contributed by atoms with E-state index in [-0.39, 0.29) is 23.6 Å². The number of likely N-dealkylation sites (N-methyl/N-ethyl adjacent to an activating group) is 1. The summed E-state index contributed by atoms with van der Waals surface area (Å²) in [5.74, 6) is -1.08. The number of hydrogen-bond acceptors (Lipinski definition) is 7. The Labute approximate surface area is 214 Å². The van der Waals surface area contributed by atoms with E-state index in [4.69, 9.17) is 4.74 Å². The summed E-state index contributed by atoms with van der Waals surface area (Å²) in [7, 11) is 1.58. The lowest BCUT2D eigenvalue weighted by atomic mass is 9.94. The Balaban J connectivity index is 1.82. The molecule has 1 aliphatic heterocycles. The molecule has 9 heteroatoms. The zero-order chi connectivity index (χ0) is 26.7. The first kappa shape index (κ1) is 25.8. The van der Waals surface area contributed by atoms with Crippen molar-refractivity contribution in [3.05, 3.63) is 87.5 Å². The van der Waals surface area contributed by atoms with Crippen LogP contribution in [0.4, 0.5) is 5.69 Å². The minimum absolute atomic E-state index is 0.0359. The van der Waals surface area contributed by atoms with E-state index in [1.54, 1.807) is 25.3 Å². The quantitative estimate of drug-likeness (QED) is 0.150. The molecule has 37 heavy (non-hydrogen) atoms. The number of fused-ring (bicyclic) bond motifs is 1. The summed E-state index contributed by atoms with van der Waals surface area (Å²) < 4.78 is 5.27. The second-order valence-electron chi connectivity index (χ2n) is 8.80. The normalized spacial score (nSPS) is 17.1. The molecule has 1 atom stereocenters. The van der Waals surface area contributed by atoms with E-state index in [1.165, 1.54) is 29.2 Å². The van der Waals surface area contributed by atoms with Crippen molar-refractivity contribution in [1.82, 2.24) is 9.80 Å². The average molecular weight is 504 g/mol. The number of carbonyl (C=O) groups is 2. The third-order valence-electron chi connectivity index (χ3n) is 6.83. The molecule has 3 aromatic carbocycles. The fourth-order valence-electron chi connectivity index (χ4n) is 4.68. The van der Waals surface area contributed by atoms with Gasteiger partial charge in [-0.25, -0.2) is 0 Å². The Morgan fingerprint density at radius 3 is 2.30 bits per heavy atom. The maximum absolute atomic E-state index is 13.3. The van der Waals surface area contributed by atoms with E-state index < -0.39 is 22.7 Å². The summed E-state index contributed by atoms with van der Waals surface area (Å²) >= 11 is 0. The SMILES string of the molecule is CCN(CC)CCN1C(=O)C(=O)/C(=C(/O)c2ccc3cc(OC)ccc3c2)C1c1ccc([N+](=O)[O-])cc1. The molecular formula is C28H29N3O6. The van der Waals surface area contributed by atoms with Crippen molar-refractivity contribution >= 4 is 33.9 Å². The van der Waals surface area contributed by atoms with Crippen molar-refractivity contribution in [2.75, 3.05) is 33.3 Å². The van der Waals surface area contributed by atoms with E-state index in [0.29, 0.717) is 23.4 Å². The number of non-ortho nitro benzene ring substituents is 1. The number of Topliss-reactive ketones (excluding diaryl/α,β-unsaturated/α-hetero) is 1. The van der Waals surface area contributed by atoms with Crippen LogP contribution in [0.3, 0.4) is 0 Å². The third kappa shape index (κ3) is 5.03. The molecule has 1 saturated heterocycles. The topological polar surface area (TPSA) is 113 Å². The predicted molar refractivity (Wildman–Crippen MR) is 140 cm³/mol. The lowest BCUT2D eigenvalue weighted by molar-refractivity contribution is -0.384. The van der Waals surface area contributed by atoms with E-state index >= 15 is 0 Å². The number of rotatable bonds is 9. The van der Waals surface area contributed by atoms with Gasteiger partial charge in [0.2, 0.25) is 0 Å². The summed E-state index contributed by atoms with van der Waals surface area (Å²) in [5, 5.41) is 24.3. The lowest BCUT2D eigenvalue weighted by Crippen LogP contribution is -2.38. The number of nitrogens with zero attached hydrogens (tertiary/aromatic N) is 3. The Morgan fingerprint density at radius 1 is 1.03 bits per heavy atom. The van der Waals surface area contributed by atoms with E-state index in [9.17, 15) is 24.8 Å². The van der Waals surface area contributed by atoms with E-state index in [1.807, 2.05) is 32.0 Å². The van der Waals surface area contributed by atoms with Crippen LogP contribution in [0.5, 0.6) is 5.75 Å². The first-order chi connectivity index (χ1) is 17.8. The molecule has 3 aromatic rings. The fourth-order valence-corrected chi connectivity index (χ4v) is 4.68. The summed E-state index contributed by atoms with van der Waals surface area (Å²) in [5.41, 5.74) is 0.766. The molecule has 192 valence electrons. The van der Waals surface area contributed by atoms with Crippen molar-refractivity contribution < 1.29 is 24.4 Å². The molecule has 1 amide bonds. The largest absolute Gasteiger partial charge is 0.507 e. The standard InChI is InChI=1S/C28H29N3O6/c1-4-29(5-2)14-15-30-25(18-8-11-22(12-9-18)31(35)36)24(27(33)28(30)34)26(32)21-7-6-20-17-23(37-3)13-10-19(20)16-21/h6-13,16-17,25,32H,4-5,14-15H2,1-3H3/b26-24+. The number of likely N-dealkylation sites (tertiary alicyclic amines) is 1. The summed E-state index contributed by atoms with van der Waals surface area (Å²) in [6, 6.07) is 15.6. The number of nitro benzene ring substituents is 1. The molecular weight excluding hydrogens is 474 g/mol. The minimum Gasteiger partial charge on any atom is -0.507 e. The van der Waals surface area contributed by atoms with Crippen LogP contribution in [-0.2, 0) is 9.59 Å². The molecule has 0 radical (unpaired) electrons. The second kappa shape index (κ2) is 10.8. The van der Waals surface area contributed by atoms with Gasteiger partial charge in [0.05, 0.1) is 23.6 Å². The molecule has 9 nitrogen and oxygen atoms in total. The number of ketones is 1. The highest BCUT2D eigenvalue weighted by Crippen LogP contribution is 2.40. The van der Waals surface area contributed by atoms with Crippen molar-refractivity contribution in [2.45, 2.75) is 19.9 Å². The van der Waals surface area contributed by atoms with Gasteiger partial charge < -0.3 is 19.6 Å². The van der Waals surface area contributed by atoms with Crippen LogP contribution in [0.2, 0.25) is 0 Å². The molecule has 1 aliphatic rings. The fraction of sp³-hybridized carbons (Fsp3) is 0.286. The Hall–Kier alpha value is -4.24. The minimum atomic E-state index is -0.872. The molecule has 0 saturated carbocycles. The van der Waals surface area contributed by atoms with Gasteiger partial charge in [-0.05, 0) is 59.8 Å². The van der Waals surface area contributed by atoms with Gasteiger partial charge in [-0.15, -0.1) is 0 Å². The summed E-state index contributed by atoms with van der Waals surface area (Å²) in [6.07, 6.45) is 0. The monoisotopic (exact) mass is 503 g/mol. The number of aliphatic hydroxyl groups excluding tert-OH is 1. The van der Waals surface area contributed by atoms with E-state index in [0.717, 1.165) is 23.9 Å². The molecule has 1 unspecified atom stereocenters. The number of hydrogen-bond donors (Lipinski definition) is 1. The molecule has 0 bridgehead atoms. The van der Waals surface area contributed by atoms with Gasteiger partial charge in [0.15, 0.2) is 0 Å². The third-order valence-corrected chi connectivity index (χ3v) is 6.83.